The number of aromatic nitrogens is 2. The van der Waals surface area contributed by atoms with Gasteiger partial charge >= 0.3 is 5.69 Å². The number of piperazine rings is 1. The normalized spacial score (nSPS) is 20.6. The van der Waals surface area contributed by atoms with E-state index in [1.54, 1.807) is 43.3 Å². The number of benzene rings is 1. The lowest BCUT2D eigenvalue weighted by Gasteiger charge is -2.36. The highest BCUT2D eigenvalue weighted by Crippen LogP contribution is 2.20. The van der Waals surface area contributed by atoms with Crippen LogP contribution < -0.4 is 26.2 Å². The first-order chi connectivity index (χ1) is 15.0. The van der Waals surface area contributed by atoms with E-state index in [0.29, 0.717) is 24.5 Å². The summed E-state index contributed by atoms with van der Waals surface area (Å²) >= 11 is 0. The highest BCUT2D eigenvalue weighted by Gasteiger charge is 2.16. The predicted molar refractivity (Wildman–Crippen MR) is 112 cm³/mol. The molecule has 1 saturated heterocycles. The Morgan fingerprint density at radius 3 is 2.43 bits per heavy atom. The monoisotopic (exact) mass is 391 g/mol. The summed E-state index contributed by atoms with van der Waals surface area (Å²) in [5.41, 5.74) is -0.133. The van der Waals surface area contributed by atoms with Crippen molar-refractivity contribution in [1.29, 1.82) is 0 Å². The number of nitrogens with one attached hydrogen (secondary N) is 1. The van der Waals surface area contributed by atoms with Crippen molar-refractivity contribution >= 4 is 11.5 Å². The van der Waals surface area contributed by atoms with Gasteiger partial charge in [0.15, 0.2) is 0 Å². The number of methoxy groups -OCH3 is 1. The highest BCUT2D eigenvalue weighted by atomic mass is 16.5. The number of ether oxygens (including phenoxy) is 1. The molecule has 0 amide bonds. The highest BCUT2D eigenvalue weighted by molar-refractivity contribution is 5.49. The Balaban J connectivity index is 1.64. The van der Waals surface area contributed by atoms with Gasteiger partial charge in [0.2, 0.25) is 0 Å². The van der Waals surface area contributed by atoms with Gasteiger partial charge in [0.1, 0.15) is 11.6 Å². The summed E-state index contributed by atoms with van der Waals surface area (Å²) < 4.78 is 41.4. The molecule has 152 valence electrons. The average molecular weight is 392 g/mol. The summed E-state index contributed by atoms with van der Waals surface area (Å²) in [5.74, 6) is 1.05. The fourth-order valence-electron chi connectivity index (χ4n) is 2.94. The number of anilines is 2. The number of rotatable bonds is 7. The summed E-state index contributed by atoms with van der Waals surface area (Å²) in [7, 11) is 4.53. The van der Waals surface area contributed by atoms with E-state index < -0.39 is 24.2 Å². The van der Waals surface area contributed by atoms with E-state index in [1.807, 2.05) is 0 Å². The average Bonchev–Trinajstić information content (AvgIpc) is 2.73. The zero-order chi connectivity index (χ0) is 23.7. The lowest BCUT2D eigenvalue weighted by molar-refractivity contribution is 0.257. The maximum atomic E-state index is 12.0. The van der Waals surface area contributed by atoms with Crippen molar-refractivity contribution in [2.24, 2.45) is 14.1 Å². The first-order valence-electron chi connectivity index (χ1n) is 11.1. The van der Waals surface area contributed by atoms with Crippen LogP contribution in [0.25, 0.3) is 0 Å². The van der Waals surface area contributed by atoms with Crippen molar-refractivity contribution < 1.29 is 10.2 Å². The minimum atomic E-state index is -1.89. The summed E-state index contributed by atoms with van der Waals surface area (Å²) in [6.07, 6.45) is 0.422. The zero-order valence-electron chi connectivity index (χ0n) is 20.4. The Hall–Kier alpha value is -2.74. The molecule has 0 aliphatic carbocycles. The molecule has 0 unspecified atom stereocenters. The smallest absolute Gasteiger partial charge is 0.332 e. The van der Waals surface area contributed by atoms with Crippen LogP contribution in [0, 0.1) is 0 Å². The van der Waals surface area contributed by atoms with Gasteiger partial charge in [-0.15, -0.1) is 0 Å². The first-order valence-corrected chi connectivity index (χ1v) is 9.14. The summed E-state index contributed by atoms with van der Waals surface area (Å²) in [6.45, 7) is -3.22. The minimum Gasteiger partial charge on any atom is -0.497 e. The zero-order valence-corrected chi connectivity index (χ0v) is 16.4. The second-order valence-corrected chi connectivity index (χ2v) is 6.57. The SMILES string of the molecule is [2H]C1([2H])CN(c2ccc(OC)cc2)CC([2H])([2H])N1CCCNc1cc(=O)n(C)c(=O)n1C. The van der Waals surface area contributed by atoms with E-state index in [9.17, 15) is 9.59 Å². The molecule has 28 heavy (non-hydrogen) atoms. The molecule has 0 radical (unpaired) electrons. The van der Waals surface area contributed by atoms with Gasteiger partial charge in [0.25, 0.3) is 5.56 Å². The van der Waals surface area contributed by atoms with Gasteiger partial charge in [-0.05, 0) is 37.2 Å². The van der Waals surface area contributed by atoms with E-state index in [2.05, 4.69) is 5.32 Å². The molecule has 8 nitrogen and oxygen atoms in total. The molecule has 2 heterocycles. The van der Waals surface area contributed by atoms with E-state index >= 15 is 0 Å². The van der Waals surface area contributed by atoms with Crippen LogP contribution in [-0.4, -0.2) is 60.3 Å². The topological polar surface area (TPSA) is 71.7 Å². The Morgan fingerprint density at radius 1 is 1.11 bits per heavy atom. The molecule has 0 saturated carbocycles. The second kappa shape index (κ2) is 8.97. The van der Waals surface area contributed by atoms with Crippen LogP contribution in [0.2, 0.25) is 0 Å². The molecule has 0 bridgehead atoms. The Bertz CT molecular complexity index is 1050. The van der Waals surface area contributed by atoms with Crippen LogP contribution in [0.5, 0.6) is 5.75 Å². The molecule has 1 fully saturated rings. The third-order valence-electron chi connectivity index (χ3n) is 4.73. The van der Waals surface area contributed by atoms with Gasteiger partial charge in [0.05, 0.1) is 7.11 Å². The van der Waals surface area contributed by atoms with E-state index in [4.69, 9.17) is 10.2 Å². The maximum Gasteiger partial charge on any atom is 0.332 e. The predicted octanol–water partition coefficient (Wildman–Crippen LogP) is 0.717. The fourth-order valence-corrected chi connectivity index (χ4v) is 2.94. The fraction of sp³-hybridized carbons (Fsp3) is 0.500. The van der Waals surface area contributed by atoms with Crippen molar-refractivity contribution in [3.05, 3.63) is 51.2 Å². The van der Waals surface area contributed by atoms with E-state index in [-0.39, 0.29) is 19.6 Å². The van der Waals surface area contributed by atoms with Crippen molar-refractivity contribution in [2.45, 2.75) is 6.42 Å². The standard InChI is InChI=1S/C20H29N5O3/c1-22-18(15-19(26)23(2)20(22)27)21-9-4-10-24-11-13-25(14-12-24)16-5-7-17(28-3)8-6-16/h5-8,15,21H,4,9-14H2,1-3H3/i11D2,12D2. The summed E-state index contributed by atoms with van der Waals surface area (Å²) in [5, 5.41) is 3.02. The third kappa shape index (κ3) is 4.56. The molecule has 1 N–H and O–H groups in total. The molecule has 2 aromatic rings. The summed E-state index contributed by atoms with van der Waals surface area (Å²) in [6, 6.07) is 8.44. The number of nitrogens with zero attached hydrogens (tertiary/aromatic N) is 4. The van der Waals surface area contributed by atoms with Crippen LogP contribution >= 0.6 is 0 Å². The Morgan fingerprint density at radius 2 is 1.79 bits per heavy atom. The van der Waals surface area contributed by atoms with Crippen molar-refractivity contribution in [3.8, 4) is 5.75 Å². The molecule has 1 aliphatic rings. The molecule has 0 atom stereocenters. The second-order valence-electron chi connectivity index (χ2n) is 6.57. The molecule has 1 aromatic heterocycles. The van der Waals surface area contributed by atoms with Gasteiger partial charge in [-0.25, -0.2) is 4.79 Å². The third-order valence-corrected chi connectivity index (χ3v) is 4.73. The van der Waals surface area contributed by atoms with Crippen LogP contribution in [0.4, 0.5) is 11.5 Å². The van der Waals surface area contributed by atoms with E-state index in [0.717, 1.165) is 10.3 Å². The molecular weight excluding hydrogens is 358 g/mol. The molecule has 1 aliphatic heterocycles. The van der Waals surface area contributed by atoms with Gasteiger partial charge in [-0.2, -0.15) is 0 Å². The van der Waals surface area contributed by atoms with Crippen molar-refractivity contribution in [2.75, 3.05) is 56.5 Å². The van der Waals surface area contributed by atoms with E-state index in [1.165, 1.54) is 22.6 Å². The van der Waals surface area contributed by atoms with Crippen molar-refractivity contribution in [3.63, 3.8) is 0 Å². The maximum absolute atomic E-state index is 12.0. The van der Waals surface area contributed by atoms with Crippen LogP contribution in [0.15, 0.2) is 39.9 Å². The molecule has 1 aromatic carbocycles. The van der Waals surface area contributed by atoms with Crippen LogP contribution in [0.1, 0.15) is 11.9 Å². The molecule has 3 rings (SSSR count). The lowest BCUT2D eigenvalue weighted by Crippen LogP contribution is -2.46. The Kier molecular flexibility index (Phi) is 4.87. The molecular formula is C20H29N5O3. The minimum absolute atomic E-state index is 0.0233. The quantitative estimate of drug-likeness (QED) is 0.701. The van der Waals surface area contributed by atoms with Crippen LogP contribution in [0.3, 0.4) is 0 Å². The number of hydrogen-bond acceptors (Lipinski definition) is 6. The summed E-state index contributed by atoms with van der Waals surface area (Å²) in [4.78, 5) is 26.8. The lowest BCUT2D eigenvalue weighted by atomic mass is 10.2. The first kappa shape index (κ1) is 15.2. The number of hydrogen-bond donors (Lipinski definition) is 1. The largest absolute Gasteiger partial charge is 0.497 e. The van der Waals surface area contributed by atoms with Crippen LogP contribution in [-0.2, 0) is 14.1 Å². The van der Waals surface area contributed by atoms with Crippen molar-refractivity contribution in [1.82, 2.24) is 14.0 Å². The molecule has 0 spiro atoms. The molecule has 8 heteroatoms. The van der Waals surface area contributed by atoms with Gasteiger partial charge in [-0.3, -0.25) is 18.8 Å². The Labute approximate surface area is 170 Å². The van der Waals surface area contributed by atoms with Gasteiger partial charge in [-0.1, -0.05) is 0 Å². The van der Waals surface area contributed by atoms with Gasteiger partial charge < -0.3 is 15.0 Å². The van der Waals surface area contributed by atoms with Gasteiger partial charge in [0, 0.05) is 64.0 Å².